The van der Waals surface area contributed by atoms with E-state index in [0.717, 1.165) is 24.9 Å². The Hall–Kier alpha value is -4.88. The van der Waals surface area contributed by atoms with Crippen LogP contribution in [0.1, 0.15) is 62.0 Å². The van der Waals surface area contributed by atoms with Crippen molar-refractivity contribution in [2.24, 2.45) is 0 Å². The highest BCUT2D eigenvalue weighted by atomic mass is 16.6. The Kier molecular flexibility index (Phi) is 10.9. The van der Waals surface area contributed by atoms with Gasteiger partial charge in [-0.1, -0.05) is 60.7 Å². The first-order valence-electron chi connectivity index (χ1n) is 16.7. The van der Waals surface area contributed by atoms with Gasteiger partial charge in [-0.3, -0.25) is 10.1 Å². The lowest BCUT2D eigenvalue weighted by Gasteiger charge is -2.42. The monoisotopic (exact) mass is 684 g/mol. The number of benzene rings is 4. The third-order valence-electron chi connectivity index (χ3n) is 9.28. The number of nitrogen functional groups attached to an aromatic ring is 3. The van der Waals surface area contributed by atoms with Crippen molar-refractivity contribution in [1.29, 1.82) is 0 Å². The molecule has 50 heavy (non-hydrogen) atoms. The normalized spacial score (nSPS) is 21.3. The molecule has 4 atom stereocenters. The summed E-state index contributed by atoms with van der Waals surface area (Å²) in [5.41, 5.74) is 20.9. The van der Waals surface area contributed by atoms with E-state index < -0.39 is 34.4 Å². The number of fused-ring (bicyclic) bond motifs is 2. The summed E-state index contributed by atoms with van der Waals surface area (Å²) < 4.78 is 11.8. The number of nitrogens with one attached hydrogen (secondary N) is 2. The van der Waals surface area contributed by atoms with Gasteiger partial charge in [-0.05, 0) is 76.9 Å². The number of nitro groups is 1. The molecule has 0 bridgehead atoms. The molecular formula is C38H48N6O6. The van der Waals surface area contributed by atoms with Gasteiger partial charge in [0.2, 0.25) is 0 Å². The van der Waals surface area contributed by atoms with Crippen LogP contribution in [0.15, 0.2) is 84.9 Å². The lowest BCUT2D eigenvalue weighted by molar-refractivity contribution is -0.384. The zero-order valence-corrected chi connectivity index (χ0v) is 28.9. The Morgan fingerprint density at radius 2 is 1.08 bits per heavy atom. The third kappa shape index (κ3) is 8.11. The molecule has 0 amide bonds. The van der Waals surface area contributed by atoms with Crippen LogP contribution >= 0.6 is 0 Å². The van der Waals surface area contributed by atoms with E-state index in [4.69, 9.17) is 26.7 Å². The van der Waals surface area contributed by atoms with Crippen molar-refractivity contribution in [3.05, 3.63) is 117 Å². The van der Waals surface area contributed by atoms with Crippen molar-refractivity contribution in [2.75, 3.05) is 30.3 Å². The van der Waals surface area contributed by atoms with E-state index in [2.05, 4.69) is 22.8 Å². The SMILES string of the molecule is CC1(C)Oc2cc(N)c(N)cc2[C@H](NCCc2ccccc2)[C@H]1O.CC1(C)Oc2cc([N+](=O)[O-])c(N)cc2[C@H](NCCc2ccccc2)[C@H]1O. The van der Waals surface area contributed by atoms with Crippen molar-refractivity contribution in [2.45, 2.75) is 76.0 Å². The fraction of sp³-hybridized carbons (Fsp3) is 0.368. The highest BCUT2D eigenvalue weighted by Gasteiger charge is 2.44. The summed E-state index contributed by atoms with van der Waals surface area (Å²) in [6.07, 6.45) is 0.157. The van der Waals surface area contributed by atoms with Crippen molar-refractivity contribution in [1.82, 2.24) is 10.6 Å². The maximum absolute atomic E-state index is 11.1. The van der Waals surface area contributed by atoms with Gasteiger partial charge in [0.15, 0.2) is 0 Å². The quantitative estimate of drug-likeness (QED) is 0.0722. The number of nitrogens with zero attached hydrogens (tertiary/aromatic N) is 1. The van der Waals surface area contributed by atoms with Gasteiger partial charge in [0, 0.05) is 17.2 Å². The van der Waals surface area contributed by atoms with E-state index in [-0.39, 0.29) is 17.4 Å². The number of ether oxygens (including phenoxy) is 2. The first-order valence-corrected chi connectivity index (χ1v) is 16.7. The molecule has 0 saturated heterocycles. The van der Waals surface area contributed by atoms with E-state index in [1.807, 2.05) is 62.4 Å². The number of nitro benzene ring substituents is 1. The van der Waals surface area contributed by atoms with Crippen molar-refractivity contribution < 1.29 is 24.6 Å². The summed E-state index contributed by atoms with van der Waals surface area (Å²) >= 11 is 0. The molecule has 2 aliphatic heterocycles. The minimum Gasteiger partial charge on any atom is -0.485 e. The van der Waals surface area contributed by atoms with Gasteiger partial charge in [0.25, 0.3) is 5.69 Å². The second-order valence-electron chi connectivity index (χ2n) is 13.9. The molecule has 0 saturated carbocycles. The minimum absolute atomic E-state index is 0.0547. The highest BCUT2D eigenvalue weighted by molar-refractivity contribution is 5.69. The zero-order chi connectivity index (χ0) is 36.2. The Labute approximate surface area is 292 Å². The average Bonchev–Trinajstić information content (AvgIpc) is 3.07. The fourth-order valence-corrected chi connectivity index (χ4v) is 6.36. The molecule has 10 N–H and O–H groups in total. The number of anilines is 3. The van der Waals surface area contributed by atoms with Gasteiger partial charge < -0.3 is 47.5 Å². The molecule has 0 aliphatic carbocycles. The first-order chi connectivity index (χ1) is 23.7. The lowest BCUT2D eigenvalue weighted by atomic mass is 9.86. The number of hydrogen-bond acceptors (Lipinski definition) is 11. The Bertz CT molecular complexity index is 1790. The first kappa shape index (κ1) is 36.4. The van der Waals surface area contributed by atoms with Crippen LogP contribution in [-0.4, -0.2) is 51.6 Å². The molecule has 0 spiro atoms. The van der Waals surface area contributed by atoms with Gasteiger partial charge in [0.05, 0.1) is 34.4 Å². The van der Waals surface area contributed by atoms with Crippen molar-refractivity contribution in [3.63, 3.8) is 0 Å². The molecule has 4 aromatic rings. The van der Waals surface area contributed by atoms with E-state index in [1.165, 1.54) is 23.3 Å². The van der Waals surface area contributed by atoms with Gasteiger partial charge in [-0.2, -0.15) is 0 Å². The van der Waals surface area contributed by atoms with Crippen LogP contribution in [0.4, 0.5) is 22.7 Å². The summed E-state index contributed by atoms with van der Waals surface area (Å²) in [6, 6.07) is 26.0. The largest absolute Gasteiger partial charge is 0.485 e. The highest BCUT2D eigenvalue weighted by Crippen LogP contribution is 2.44. The van der Waals surface area contributed by atoms with E-state index in [0.29, 0.717) is 35.0 Å². The van der Waals surface area contributed by atoms with Gasteiger partial charge in [0.1, 0.15) is 40.6 Å². The molecule has 12 heteroatoms. The van der Waals surface area contributed by atoms with Gasteiger partial charge in [-0.25, -0.2) is 0 Å². The summed E-state index contributed by atoms with van der Waals surface area (Å²) in [7, 11) is 0. The Balaban J connectivity index is 0.000000195. The Morgan fingerprint density at radius 1 is 0.680 bits per heavy atom. The van der Waals surface area contributed by atoms with E-state index >= 15 is 0 Å². The molecule has 6 rings (SSSR count). The van der Waals surface area contributed by atoms with E-state index in [1.54, 1.807) is 26.0 Å². The van der Waals surface area contributed by atoms with Crippen LogP contribution in [0, 0.1) is 10.1 Å². The average molecular weight is 685 g/mol. The molecule has 2 heterocycles. The molecule has 0 unspecified atom stereocenters. The molecule has 0 aromatic heterocycles. The number of rotatable bonds is 9. The van der Waals surface area contributed by atoms with Gasteiger partial charge in [-0.15, -0.1) is 0 Å². The lowest BCUT2D eigenvalue weighted by Crippen LogP contribution is -2.52. The molecule has 2 aliphatic rings. The maximum atomic E-state index is 11.1. The summed E-state index contributed by atoms with van der Waals surface area (Å²) in [5, 5.41) is 39.4. The zero-order valence-electron chi connectivity index (χ0n) is 28.9. The summed E-state index contributed by atoms with van der Waals surface area (Å²) in [4.78, 5) is 10.6. The molecule has 0 radical (unpaired) electrons. The number of aliphatic hydroxyl groups is 2. The third-order valence-corrected chi connectivity index (χ3v) is 9.28. The summed E-state index contributed by atoms with van der Waals surface area (Å²) in [5.74, 6) is 1.05. The standard InChI is InChI=1S/C19H23N3O4.C19H25N3O2/c1-19(2)18(23)17(21-9-8-12-6-4-3-5-7-12)13-10-14(20)15(22(24)25)11-16(13)26-19;1-19(2)18(23)17(22-9-8-12-6-4-3-5-7-12)13-10-14(20)15(21)11-16(13)24-19/h3-7,10-11,17-18,21,23H,8-9,20H2,1-2H3;3-7,10-11,17-18,22-23H,8-9,20-21H2,1-2H3/t2*17-,18+/m00/s1. The van der Waals surface area contributed by atoms with Crippen LogP contribution in [0.5, 0.6) is 11.5 Å². The Morgan fingerprint density at radius 3 is 1.52 bits per heavy atom. The van der Waals surface area contributed by atoms with Crippen LogP contribution < -0.4 is 37.3 Å². The van der Waals surface area contributed by atoms with Crippen LogP contribution in [0.2, 0.25) is 0 Å². The molecule has 4 aromatic carbocycles. The topological polar surface area (TPSA) is 204 Å². The summed E-state index contributed by atoms with van der Waals surface area (Å²) in [6.45, 7) is 8.64. The van der Waals surface area contributed by atoms with E-state index in [9.17, 15) is 20.3 Å². The number of nitrogens with two attached hydrogens (primary N) is 3. The predicted octanol–water partition coefficient (Wildman–Crippen LogP) is 4.84. The number of hydrogen-bond donors (Lipinski definition) is 7. The fourth-order valence-electron chi connectivity index (χ4n) is 6.36. The molecule has 12 nitrogen and oxygen atoms in total. The van der Waals surface area contributed by atoms with Crippen molar-refractivity contribution >= 4 is 22.7 Å². The predicted molar refractivity (Wildman–Crippen MR) is 196 cm³/mol. The minimum atomic E-state index is -0.888. The molecular weight excluding hydrogens is 636 g/mol. The second kappa shape index (κ2) is 14.9. The number of aliphatic hydroxyl groups excluding tert-OH is 2. The molecule has 266 valence electrons. The van der Waals surface area contributed by atoms with Crippen LogP contribution in [0.25, 0.3) is 0 Å². The van der Waals surface area contributed by atoms with Crippen molar-refractivity contribution in [3.8, 4) is 11.5 Å². The smallest absolute Gasteiger partial charge is 0.295 e. The van der Waals surface area contributed by atoms with Crippen LogP contribution in [0.3, 0.4) is 0 Å². The van der Waals surface area contributed by atoms with Gasteiger partial charge >= 0.3 is 0 Å². The maximum Gasteiger partial charge on any atom is 0.295 e. The second-order valence-corrected chi connectivity index (χ2v) is 13.9. The molecule has 0 fully saturated rings. The van der Waals surface area contributed by atoms with Crippen LogP contribution in [-0.2, 0) is 12.8 Å².